The van der Waals surface area contributed by atoms with Crippen LogP contribution in [0.2, 0.25) is 0 Å². The number of carbonyl (C=O) groups is 1. The molecule has 2 aliphatic carbocycles. The average molecular weight is 312 g/mol. The van der Waals surface area contributed by atoms with Crippen LogP contribution in [0.4, 0.5) is 0 Å². The summed E-state index contributed by atoms with van der Waals surface area (Å²) in [5.41, 5.74) is 7.78. The smallest absolute Gasteiger partial charge is 0.227 e. The van der Waals surface area contributed by atoms with Gasteiger partial charge in [-0.2, -0.15) is 0 Å². The Kier molecular flexibility index (Phi) is 4.14. The molecule has 3 heteroatoms. The van der Waals surface area contributed by atoms with Crippen LogP contribution < -0.4 is 5.73 Å². The molecule has 124 valence electrons. The van der Waals surface area contributed by atoms with Crippen LogP contribution in [0.5, 0.6) is 0 Å². The number of likely N-dealkylation sites (tertiary alicyclic amines) is 1. The molecule has 4 rings (SSSR count). The lowest BCUT2D eigenvalue weighted by molar-refractivity contribution is -0.139. The fraction of sp³-hybridized carbons (Fsp3) is 0.650. The third-order valence-corrected chi connectivity index (χ3v) is 6.56. The van der Waals surface area contributed by atoms with Crippen molar-refractivity contribution in [2.24, 2.45) is 29.4 Å². The lowest BCUT2D eigenvalue weighted by Crippen LogP contribution is -2.49. The first-order valence-electron chi connectivity index (χ1n) is 9.30. The highest BCUT2D eigenvalue weighted by Gasteiger charge is 2.50. The molecule has 4 unspecified atom stereocenters. The fourth-order valence-corrected chi connectivity index (χ4v) is 5.22. The summed E-state index contributed by atoms with van der Waals surface area (Å²) >= 11 is 0. The van der Waals surface area contributed by atoms with Crippen molar-refractivity contribution in [2.75, 3.05) is 13.1 Å². The predicted molar refractivity (Wildman–Crippen MR) is 91.7 cm³/mol. The minimum absolute atomic E-state index is 0.124. The minimum Gasteiger partial charge on any atom is -0.342 e. The van der Waals surface area contributed by atoms with Gasteiger partial charge in [-0.1, -0.05) is 30.3 Å². The number of hydrogen-bond donors (Lipinski definition) is 1. The second-order valence-corrected chi connectivity index (χ2v) is 7.89. The molecule has 1 amide bonds. The highest BCUT2D eigenvalue weighted by molar-refractivity contribution is 5.80. The molecule has 2 bridgehead atoms. The van der Waals surface area contributed by atoms with E-state index < -0.39 is 0 Å². The number of amides is 1. The topological polar surface area (TPSA) is 46.3 Å². The van der Waals surface area contributed by atoms with E-state index in [1.807, 2.05) is 0 Å². The molecular weight excluding hydrogens is 284 g/mol. The van der Waals surface area contributed by atoms with Crippen LogP contribution in [-0.2, 0) is 11.2 Å². The van der Waals surface area contributed by atoms with Gasteiger partial charge in [0.05, 0.1) is 5.92 Å². The Hall–Kier alpha value is -1.35. The van der Waals surface area contributed by atoms with E-state index in [4.69, 9.17) is 5.73 Å². The van der Waals surface area contributed by atoms with Crippen molar-refractivity contribution in [3.8, 4) is 0 Å². The average Bonchev–Trinajstić information content (AvgIpc) is 3.17. The van der Waals surface area contributed by atoms with Gasteiger partial charge in [0.2, 0.25) is 5.91 Å². The van der Waals surface area contributed by atoms with Crippen LogP contribution in [0.3, 0.4) is 0 Å². The molecule has 4 atom stereocenters. The predicted octanol–water partition coefficient (Wildman–Crippen LogP) is 2.84. The van der Waals surface area contributed by atoms with Crippen molar-refractivity contribution in [1.29, 1.82) is 0 Å². The third kappa shape index (κ3) is 2.91. The molecule has 0 aromatic heterocycles. The third-order valence-electron chi connectivity index (χ3n) is 6.56. The van der Waals surface area contributed by atoms with E-state index in [-0.39, 0.29) is 12.0 Å². The molecule has 23 heavy (non-hydrogen) atoms. The van der Waals surface area contributed by atoms with Crippen molar-refractivity contribution < 1.29 is 4.79 Å². The number of benzene rings is 1. The maximum atomic E-state index is 12.9. The van der Waals surface area contributed by atoms with Gasteiger partial charge in [-0.05, 0) is 61.8 Å². The molecule has 3 nitrogen and oxygen atoms in total. The summed E-state index contributed by atoms with van der Waals surface area (Å²) in [5.74, 6) is 2.39. The summed E-state index contributed by atoms with van der Waals surface area (Å²) in [6.45, 7) is 1.86. The van der Waals surface area contributed by atoms with E-state index in [1.165, 1.54) is 24.8 Å². The van der Waals surface area contributed by atoms with Gasteiger partial charge in [0.25, 0.3) is 0 Å². The van der Waals surface area contributed by atoms with E-state index in [0.717, 1.165) is 38.3 Å². The molecule has 1 aromatic rings. The van der Waals surface area contributed by atoms with Gasteiger partial charge in [0, 0.05) is 19.1 Å². The molecule has 2 N–H and O–H groups in total. The number of rotatable bonds is 3. The molecule has 1 saturated heterocycles. The van der Waals surface area contributed by atoms with E-state index in [2.05, 4.69) is 35.2 Å². The largest absolute Gasteiger partial charge is 0.342 e. The number of nitrogens with zero attached hydrogens (tertiary/aromatic N) is 1. The Labute approximate surface area is 139 Å². The molecular formula is C20H28N2O. The van der Waals surface area contributed by atoms with Crippen LogP contribution in [-0.4, -0.2) is 29.9 Å². The summed E-state index contributed by atoms with van der Waals surface area (Å²) < 4.78 is 0. The first-order valence-corrected chi connectivity index (χ1v) is 9.30. The van der Waals surface area contributed by atoms with Gasteiger partial charge in [-0.15, -0.1) is 0 Å². The maximum absolute atomic E-state index is 12.9. The second-order valence-electron chi connectivity index (χ2n) is 7.89. The van der Waals surface area contributed by atoms with Gasteiger partial charge in [0.1, 0.15) is 0 Å². The first-order chi connectivity index (χ1) is 11.2. The summed E-state index contributed by atoms with van der Waals surface area (Å²) in [6, 6.07) is 10.9. The van der Waals surface area contributed by atoms with Crippen LogP contribution in [0, 0.1) is 23.7 Å². The van der Waals surface area contributed by atoms with E-state index in [9.17, 15) is 4.79 Å². The zero-order valence-electron chi connectivity index (χ0n) is 13.9. The first kappa shape index (κ1) is 15.2. The van der Waals surface area contributed by atoms with Crippen molar-refractivity contribution in [2.45, 2.75) is 44.6 Å². The highest BCUT2D eigenvalue weighted by atomic mass is 16.2. The molecule has 1 heterocycles. The number of piperidine rings is 1. The van der Waals surface area contributed by atoms with Crippen molar-refractivity contribution in [1.82, 2.24) is 4.90 Å². The van der Waals surface area contributed by atoms with Crippen molar-refractivity contribution in [3.63, 3.8) is 0 Å². The van der Waals surface area contributed by atoms with Crippen LogP contribution in [0.25, 0.3) is 0 Å². The summed E-state index contributed by atoms with van der Waals surface area (Å²) in [6.07, 6.45) is 7.08. The van der Waals surface area contributed by atoms with E-state index in [1.54, 1.807) is 0 Å². The fourth-order valence-electron chi connectivity index (χ4n) is 5.22. The maximum Gasteiger partial charge on any atom is 0.227 e. The summed E-state index contributed by atoms with van der Waals surface area (Å²) in [7, 11) is 0. The van der Waals surface area contributed by atoms with Crippen molar-refractivity contribution in [3.05, 3.63) is 35.9 Å². The molecule has 2 saturated carbocycles. The quantitative estimate of drug-likeness (QED) is 0.933. The number of fused-ring (bicyclic) bond motifs is 2. The van der Waals surface area contributed by atoms with Gasteiger partial charge < -0.3 is 10.6 Å². The molecule has 0 radical (unpaired) electrons. The van der Waals surface area contributed by atoms with Crippen LogP contribution >= 0.6 is 0 Å². The normalized spacial score (nSPS) is 34.0. The lowest BCUT2D eigenvalue weighted by Gasteiger charge is -2.37. The Morgan fingerprint density at radius 1 is 1.04 bits per heavy atom. The summed E-state index contributed by atoms with van der Waals surface area (Å²) in [5, 5.41) is 0. The molecule has 0 spiro atoms. The molecule has 1 aliphatic heterocycles. The van der Waals surface area contributed by atoms with Gasteiger partial charge >= 0.3 is 0 Å². The zero-order chi connectivity index (χ0) is 15.8. The SMILES string of the molecule is NC1C2CCC(C2)C1C(=O)N1CCC(Cc2ccccc2)CC1. The Bertz CT molecular complexity index is 548. The Balaban J connectivity index is 1.32. The zero-order valence-corrected chi connectivity index (χ0v) is 13.9. The van der Waals surface area contributed by atoms with Gasteiger partial charge in [-0.25, -0.2) is 0 Å². The van der Waals surface area contributed by atoms with Gasteiger partial charge in [-0.3, -0.25) is 4.79 Å². The van der Waals surface area contributed by atoms with Crippen LogP contribution in [0.1, 0.15) is 37.7 Å². The number of carbonyl (C=O) groups excluding carboxylic acids is 1. The number of nitrogens with two attached hydrogens (primary N) is 1. The minimum atomic E-state index is 0.124. The molecule has 3 aliphatic rings. The van der Waals surface area contributed by atoms with E-state index >= 15 is 0 Å². The molecule has 3 fully saturated rings. The second kappa shape index (κ2) is 6.27. The highest BCUT2D eigenvalue weighted by Crippen LogP contribution is 2.48. The standard InChI is InChI=1S/C20H28N2O/c21-19-17-7-6-16(13-17)18(19)20(23)22-10-8-15(9-11-22)12-14-4-2-1-3-5-14/h1-5,15-19H,6-13,21H2. The summed E-state index contributed by atoms with van der Waals surface area (Å²) in [4.78, 5) is 15.0. The van der Waals surface area contributed by atoms with E-state index in [0.29, 0.717) is 17.7 Å². The Morgan fingerprint density at radius 3 is 2.39 bits per heavy atom. The van der Waals surface area contributed by atoms with Gasteiger partial charge in [0.15, 0.2) is 0 Å². The van der Waals surface area contributed by atoms with Crippen molar-refractivity contribution >= 4 is 5.91 Å². The number of hydrogen-bond acceptors (Lipinski definition) is 2. The monoisotopic (exact) mass is 312 g/mol. The van der Waals surface area contributed by atoms with Crippen LogP contribution in [0.15, 0.2) is 30.3 Å². The lowest BCUT2D eigenvalue weighted by atomic mass is 9.83. The molecule has 1 aromatic carbocycles. The Morgan fingerprint density at radius 2 is 1.74 bits per heavy atom.